The number of hydrogen-bond donors (Lipinski definition) is 2. The number of rotatable bonds is 6. The third-order valence-corrected chi connectivity index (χ3v) is 7.75. The van der Waals surface area contributed by atoms with Gasteiger partial charge in [0, 0.05) is 11.6 Å². The van der Waals surface area contributed by atoms with Gasteiger partial charge in [0.05, 0.1) is 12.8 Å². The number of carbonyl (C=O) groups excluding carboxylic acids is 1. The molecule has 2 N–H and O–H groups in total. The Balaban J connectivity index is 1.31. The molecule has 1 unspecified atom stereocenters. The lowest BCUT2D eigenvalue weighted by Crippen LogP contribution is -2.56. The molecule has 4 fully saturated rings. The van der Waals surface area contributed by atoms with Crippen LogP contribution in [0, 0.1) is 23.2 Å². The van der Waals surface area contributed by atoms with Gasteiger partial charge in [-0.1, -0.05) is 6.92 Å². The molecule has 1 heterocycles. The van der Waals surface area contributed by atoms with E-state index in [4.69, 9.17) is 4.74 Å². The standard InChI is InChI=1S/C24H31N3O2/c1-3-22(24-12-15-8-16(13-24)10-17(9-15)14-24)25-23(28)21-11-20(26-27-21)18-4-6-19(29-2)7-5-18/h4-7,11,15-17,22H,3,8-10,12-14H2,1-2H3,(H,25,28)(H,26,27). The average molecular weight is 394 g/mol. The van der Waals surface area contributed by atoms with Crippen LogP contribution in [0.3, 0.4) is 0 Å². The fourth-order valence-corrected chi connectivity index (χ4v) is 6.88. The minimum atomic E-state index is -0.0279. The zero-order chi connectivity index (χ0) is 20.0. The number of benzene rings is 1. The van der Waals surface area contributed by atoms with Crippen molar-refractivity contribution in [3.63, 3.8) is 0 Å². The highest BCUT2D eigenvalue weighted by Gasteiger charge is 2.54. The van der Waals surface area contributed by atoms with E-state index in [1.807, 2.05) is 30.3 Å². The number of aromatic amines is 1. The van der Waals surface area contributed by atoms with Gasteiger partial charge in [-0.05, 0) is 98.4 Å². The second kappa shape index (κ2) is 7.19. The molecule has 5 nitrogen and oxygen atoms in total. The molecule has 1 aromatic carbocycles. The van der Waals surface area contributed by atoms with Crippen molar-refractivity contribution in [3.8, 4) is 17.0 Å². The highest BCUT2D eigenvalue weighted by molar-refractivity contribution is 5.93. The first-order chi connectivity index (χ1) is 14.1. The smallest absolute Gasteiger partial charge is 0.269 e. The third kappa shape index (κ3) is 3.34. The number of carbonyl (C=O) groups is 1. The molecule has 5 heteroatoms. The van der Waals surface area contributed by atoms with Gasteiger partial charge in [0.2, 0.25) is 0 Å². The summed E-state index contributed by atoms with van der Waals surface area (Å²) in [4.78, 5) is 13.0. The molecule has 1 amide bonds. The third-order valence-electron chi connectivity index (χ3n) is 7.75. The van der Waals surface area contributed by atoms with Crippen molar-refractivity contribution < 1.29 is 9.53 Å². The van der Waals surface area contributed by atoms with Gasteiger partial charge in [0.15, 0.2) is 0 Å². The number of nitrogens with one attached hydrogen (secondary N) is 2. The molecule has 154 valence electrons. The van der Waals surface area contributed by atoms with Crippen molar-refractivity contribution in [1.82, 2.24) is 15.5 Å². The summed E-state index contributed by atoms with van der Waals surface area (Å²) in [7, 11) is 1.65. The van der Waals surface area contributed by atoms with E-state index in [2.05, 4.69) is 22.4 Å². The summed E-state index contributed by atoms with van der Waals surface area (Å²) < 4.78 is 5.21. The molecule has 2 aromatic rings. The normalized spacial score (nSPS) is 30.9. The number of nitrogens with zero attached hydrogens (tertiary/aromatic N) is 1. The second-order valence-electron chi connectivity index (χ2n) is 9.61. The largest absolute Gasteiger partial charge is 0.497 e. The Bertz CT molecular complexity index is 851. The number of hydrogen-bond acceptors (Lipinski definition) is 3. The first-order valence-corrected chi connectivity index (χ1v) is 11.1. The molecule has 0 saturated heterocycles. The predicted octanol–water partition coefficient (Wildman–Crippen LogP) is 4.81. The summed E-state index contributed by atoms with van der Waals surface area (Å²) in [5, 5.41) is 10.7. The van der Waals surface area contributed by atoms with Crippen LogP contribution in [0.4, 0.5) is 0 Å². The fraction of sp³-hybridized carbons (Fsp3) is 0.583. The average Bonchev–Trinajstić information content (AvgIpc) is 3.21. The molecule has 29 heavy (non-hydrogen) atoms. The van der Waals surface area contributed by atoms with E-state index in [-0.39, 0.29) is 11.9 Å². The summed E-state index contributed by atoms with van der Waals surface area (Å²) in [6.07, 6.45) is 9.19. The zero-order valence-corrected chi connectivity index (χ0v) is 17.4. The maximum absolute atomic E-state index is 13.0. The predicted molar refractivity (Wildman–Crippen MR) is 113 cm³/mol. The molecule has 4 aliphatic rings. The van der Waals surface area contributed by atoms with E-state index in [0.29, 0.717) is 11.1 Å². The lowest BCUT2D eigenvalue weighted by atomic mass is 9.47. The van der Waals surface area contributed by atoms with Crippen LogP contribution in [0.5, 0.6) is 5.75 Å². The number of aromatic nitrogens is 2. The maximum Gasteiger partial charge on any atom is 0.269 e. The van der Waals surface area contributed by atoms with E-state index in [1.165, 1.54) is 38.5 Å². The van der Waals surface area contributed by atoms with Crippen LogP contribution in [0.1, 0.15) is 62.4 Å². The Morgan fingerprint density at radius 3 is 2.34 bits per heavy atom. The van der Waals surface area contributed by atoms with Gasteiger partial charge < -0.3 is 10.1 Å². The van der Waals surface area contributed by atoms with E-state index in [1.54, 1.807) is 7.11 Å². The molecule has 1 aromatic heterocycles. The summed E-state index contributed by atoms with van der Waals surface area (Å²) in [6, 6.07) is 9.84. The Hall–Kier alpha value is -2.30. The van der Waals surface area contributed by atoms with Gasteiger partial charge in [-0.3, -0.25) is 9.89 Å². The van der Waals surface area contributed by atoms with Crippen LogP contribution in [0.25, 0.3) is 11.3 Å². The molecule has 4 saturated carbocycles. The first kappa shape index (κ1) is 18.7. The number of methoxy groups -OCH3 is 1. The van der Waals surface area contributed by atoms with Gasteiger partial charge >= 0.3 is 0 Å². The lowest BCUT2D eigenvalue weighted by Gasteiger charge is -2.59. The molecule has 1 atom stereocenters. The highest BCUT2D eigenvalue weighted by Crippen LogP contribution is 2.61. The van der Waals surface area contributed by atoms with Crippen molar-refractivity contribution in [3.05, 3.63) is 36.0 Å². The van der Waals surface area contributed by atoms with Crippen LogP contribution in [-0.2, 0) is 0 Å². The highest BCUT2D eigenvalue weighted by atomic mass is 16.5. The molecule has 4 bridgehead atoms. The second-order valence-corrected chi connectivity index (χ2v) is 9.61. The minimum Gasteiger partial charge on any atom is -0.497 e. The van der Waals surface area contributed by atoms with Crippen LogP contribution >= 0.6 is 0 Å². The Morgan fingerprint density at radius 1 is 1.17 bits per heavy atom. The number of ether oxygens (including phenoxy) is 1. The Kier molecular flexibility index (Phi) is 4.64. The summed E-state index contributed by atoms with van der Waals surface area (Å²) in [5.74, 6) is 3.45. The van der Waals surface area contributed by atoms with Gasteiger partial charge in [0.1, 0.15) is 11.4 Å². The maximum atomic E-state index is 13.0. The summed E-state index contributed by atoms with van der Waals surface area (Å²) in [5.41, 5.74) is 2.60. The number of amides is 1. The SMILES string of the molecule is CCC(NC(=O)c1cc(-c2ccc(OC)cc2)n[nH]1)C12CC3CC(CC(C3)C1)C2. The van der Waals surface area contributed by atoms with Gasteiger partial charge in [-0.25, -0.2) is 0 Å². The molecule has 4 aliphatic carbocycles. The van der Waals surface area contributed by atoms with Crippen molar-refractivity contribution >= 4 is 5.91 Å². The molecule has 0 radical (unpaired) electrons. The topological polar surface area (TPSA) is 67.0 Å². The Labute approximate surface area is 172 Å². The van der Waals surface area contributed by atoms with Crippen LogP contribution in [0.15, 0.2) is 30.3 Å². The molecular weight excluding hydrogens is 362 g/mol. The van der Waals surface area contributed by atoms with Crippen LogP contribution in [-0.4, -0.2) is 29.3 Å². The molecule has 6 rings (SSSR count). The van der Waals surface area contributed by atoms with Gasteiger partial charge in [0.25, 0.3) is 5.91 Å². The van der Waals surface area contributed by atoms with E-state index >= 15 is 0 Å². The minimum absolute atomic E-state index is 0.0279. The van der Waals surface area contributed by atoms with E-state index in [9.17, 15) is 4.79 Å². The zero-order valence-electron chi connectivity index (χ0n) is 17.4. The van der Waals surface area contributed by atoms with Crippen molar-refractivity contribution in [2.24, 2.45) is 23.2 Å². The fourth-order valence-electron chi connectivity index (χ4n) is 6.88. The van der Waals surface area contributed by atoms with Crippen LogP contribution in [0.2, 0.25) is 0 Å². The monoisotopic (exact) mass is 393 g/mol. The molecular formula is C24H31N3O2. The van der Waals surface area contributed by atoms with Crippen LogP contribution < -0.4 is 10.1 Å². The van der Waals surface area contributed by atoms with E-state index < -0.39 is 0 Å². The molecule has 0 spiro atoms. The van der Waals surface area contributed by atoms with Gasteiger partial charge in [-0.15, -0.1) is 0 Å². The quantitative estimate of drug-likeness (QED) is 0.740. The van der Waals surface area contributed by atoms with Crippen molar-refractivity contribution in [2.75, 3.05) is 7.11 Å². The summed E-state index contributed by atoms with van der Waals surface area (Å²) in [6.45, 7) is 2.22. The number of H-pyrrole nitrogens is 1. The van der Waals surface area contributed by atoms with E-state index in [0.717, 1.165) is 41.2 Å². The van der Waals surface area contributed by atoms with Gasteiger partial charge in [-0.2, -0.15) is 5.10 Å². The van der Waals surface area contributed by atoms with Crippen molar-refractivity contribution in [2.45, 2.75) is 57.9 Å². The summed E-state index contributed by atoms with van der Waals surface area (Å²) >= 11 is 0. The Morgan fingerprint density at radius 2 is 1.79 bits per heavy atom. The van der Waals surface area contributed by atoms with Crippen molar-refractivity contribution in [1.29, 1.82) is 0 Å². The first-order valence-electron chi connectivity index (χ1n) is 11.1. The molecule has 0 aliphatic heterocycles. The lowest BCUT2D eigenvalue weighted by molar-refractivity contribution is -0.0727.